The van der Waals surface area contributed by atoms with Crippen LogP contribution in [0, 0.1) is 5.92 Å². The number of Topliss-reactive ketones (excluding diaryl/α,β-unsaturated/α-hetero) is 1. The van der Waals surface area contributed by atoms with Crippen LogP contribution >= 0.6 is 0 Å². The molecule has 5 nitrogen and oxygen atoms in total. The fourth-order valence-corrected chi connectivity index (χ4v) is 3.17. The number of rotatable bonds is 2. The molecule has 2 rings (SSSR count). The first kappa shape index (κ1) is 17.3. The van der Waals surface area contributed by atoms with Gasteiger partial charge in [-0.25, -0.2) is 4.79 Å². The van der Waals surface area contributed by atoms with Crippen LogP contribution in [-0.2, 0) is 14.3 Å². The van der Waals surface area contributed by atoms with Crippen LogP contribution in [0.25, 0.3) is 0 Å². The predicted octanol–water partition coefficient (Wildman–Crippen LogP) is 3.16. The van der Waals surface area contributed by atoms with E-state index in [1.165, 1.54) is 0 Å². The van der Waals surface area contributed by atoms with E-state index < -0.39 is 5.60 Å². The SMILES string of the molecule is CC(C)(C)OC(=O)N1CCC(=O)C(CC2CCC(C)(C)O2)C1. The highest BCUT2D eigenvalue weighted by Gasteiger charge is 2.37. The van der Waals surface area contributed by atoms with Gasteiger partial charge in [0.15, 0.2) is 0 Å². The molecule has 2 unspecified atom stereocenters. The number of hydrogen-bond acceptors (Lipinski definition) is 4. The van der Waals surface area contributed by atoms with Gasteiger partial charge in [0.25, 0.3) is 0 Å². The van der Waals surface area contributed by atoms with E-state index in [4.69, 9.17) is 9.47 Å². The van der Waals surface area contributed by atoms with Crippen LogP contribution in [0.15, 0.2) is 0 Å². The molecule has 5 heteroatoms. The Morgan fingerprint density at radius 3 is 2.64 bits per heavy atom. The van der Waals surface area contributed by atoms with Crippen molar-refractivity contribution in [1.82, 2.24) is 4.90 Å². The van der Waals surface area contributed by atoms with Crippen molar-refractivity contribution < 1.29 is 19.1 Å². The van der Waals surface area contributed by atoms with Crippen molar-refractivity contribution >= 4 is 11.9 Å². The lowest BCUT2D eigenvalue weighted by atomic mass is 9.90. The van der Waals surface area contributed by atoms with Gasteiger partial charge in [0.05, 0.1) is 11.7 Å². The lowest BCUT2D eigenvalue weighted by Crippen LogP contribution is -2.46. The van der Waals surface area contributed by atoms with E-state index in [0.717, 1.165) is 12.8 Å². The Hall–Kier alpha value is -1.10. The Labute approximate surface area is 133 Å². The summed E-state index contributed by atoms with van der Waals surface area (Å²) in [6.45, 7) is 10.6. The molecule has 1 amide bonds. The van der Waals surface area contributed by atoms with E-state index in [1.54, 1.807) is 4.90 Å². The Morgan fingerprint density at radius 2 is 2.09 bits per heavy atom. The molecule has 0 aromatic rings. The third kappa shape index (κ3) is 4.70. The van der Waals surface area contributed by atoms with Gasteiger partial charge < -0.3 is 14.4 Å². The minimum Gasteiger partial charge on any atom is -0.444 e. The summed E-state index contributed by atoms with van der Waals surface area (Å²) in [6, 6.07) is 0. The third-order valence-electron chi connectivity index (χ3n) is 4.28. The van der Waals surface area contributed by atoms with Gasteiger partial charge in [-0.3, -0.25) is 4.79 Å². The summed E-state index contributed by atoms with van der Waals surface area (Å²) in [4.78, 5) is 26.0. The second-order valence-electron chi connectivity index (χ2n) is 8.11. The molecule has 2 aliphatic heterocycles. The topological polar surface area (TPSA) is 55.8 Å². The van der Waals surface area contributed by atoms with Gasteiger partial charge in [-0.05, 0) is 53.9 Å². The number of ketones is 1. The van der Waals surface area contributed by atoms with Crippen molar-refractivity contribution in [2.45, 2.75) is 77.6 Å². The summed E-state index contributed by atoms with van der Waals surface area (Å²) >= 11 is 0. The smallest absolute Gasteiger partial charge is 0.410 e. The van der Waals surface area contributed by atoms with Gasteiger partial charge in [-0.2, -0.15) is 0 Å². The fraction of sp³-hybridized carbons (Fsp3) is 0.882. The number of carbonyl (C=O) groups is 2. The Bertz CT molecular complexity index is 438. The van der Waals surface area contributed by atoms with E-state index in [-0.39, 0.29) is 29.5 Å². The van der Waals surface area contributed by atoms with E-state index in [9.17, 15) is 9.59 Å². The van der Waals surface area contributed by atoms with Crippen molar-refractivity contribution in [2.75, 3.05) is 13.1 Å². The van der Waals surface area contributed by atoms with Crippen LogP contribution in [0.3, 0.4) is 0 Å². The molecule has 126 valence electrons. The van der Waals surface area contributed by atoms with Crippen LogP contribution in [0.1, 0.15) is 60.3 Å². The molecular formula is C17H29NO4. The van der Waals surface area contributed by atoms with Crippen LogP contribution in [0.4, 0.5) is 4.79 Å². The van der Waals surface area contributed by atoms with E-state index in [0.29, 0.717) is 25.9 Å². The van der Waals surface area contributed by atoms with E-state index in [1.807, 2.05) is 20.8 Å². The zero-order chi connectivity index (χ0) is 16.5. The Balaban J connectivity index is 1.91. The molecule has 2 heterocycles. The number of hydrogen-bond donors (Lipinski definition) is 0. The zero-order valence-corrected chi connectivity index (χ0v) is 14.5. The van der Waals surface area contributed by atoms with Crippen molar-refractivity contribution in [3.8, 4) is 0 Å². The van der Waals surface area contributed by atoms with E-state index in [2.05, 4.69) is 13.8 Å². The lowest BCUT2D eigenvalue weighted by Gasteiger charge is -2.34. The molecule has 0 bridgehead atoms. The van der Waals surface area contributed by atoms with Crippen molar-refractivity contribution in [3.05, 3.63) is 0 Å². The molecule has 0 aromatic carbocycles. The van der Waals surface area contributed by atoms with Gasteiger partial charge in [0.2, 0.25) is 0 Å². The second kappa shape index (κ2) is 6.19. The number of likely N-dealkylation sites (tertiary alicyclic amines) is 1. The molecule has 2 aliphatic rings. The minimum absolute atomic E-state index is 0.0900. The molecule has 2 saturated heterocycles. The molecule has 0 radical (unpaired) electrons. The van der Waals surface area contributed by atoms with Crippen LogP contribution in [-0.4, -0.2) is 47.2 Å². The maximum Gasteiger partial charge on any atom is 0.410 e. The normalized spacial score (nSPS) is 28.8. The molecular weight excluding hydrogens is 282 g/mol. The first-order valence-corrected chi connectivity index (χ1v) is 8.24. The summed E-state index contributed by atoms with van der Waals surface area (Å²) in [5.74, 6) is 0.119. The molecule has 2 atom stereocenters. The standard InChI is InChI=1S/C17H29NO4/c1-16(2,3)22-15(20)18-9-7-14(19)12(11-18)10-13-6-8-17(4,5)21-13/h12-13H,6-11H2,1-5H3. The Morgan fingerprint density at radius 1 is 1.41 bits per heavy atom. The molecule has 0 spiro atoms. The van der Waals surface area contributed by atoms with Gasteiger partial charge >= 0.3 is 6.09 Å². The van der Waals surface area contributed by atoms with Crippen LogP contribution < -0.4 is 0 Å². The largest absolute Gasteiger partial charge is 0.444 e. The molecule has 0 aliphatic carbocycles. The van der Waals surface area contributed by atoms with Gasteiger partial charge in [-0.15, -0.1) is 0 Å². The van der Waals surface area contributed by atoms with Crippen molar-refractivity contribution in [3.63, 3.8) is 0 Å². The minimum atomic E-state index is -0.507. The zero-order valence-electron chi connectivity index (χ0n) is 14.5. The quantitative estimate of drug-likeness (QED) is 0.786. The maximum absolute atomic E-state index is 12.2. The molecule has 2 fully saturated rings. The van der Waals surface area contributed by atoms with E-state index >= 15 is 0 Å². The number of piperidine rings is 1. The third-order valence-corrected chi connectivity index (χ3v) is 4.28. The molecule has 22 heavy (non-hydrogen) atoms. The number of amides is 1. The molecule has 0 aromatic heterocycles. The highest BCUT2D eigenvalue weighted by molar-refractivity contribution is 5.84. The molecule has 0 saturated carbocycles. The summed E-state index contributed by atoms with van der Waals surface area (Å²) < 4.78 is 11.4. The predicted molar refractivity (Wildman–Crippen MR) is 83.7 cm³/mol. The van der Waals surface area contributed by atoms with Crippen LogP contribution in [0.5, 0.6) is 0 Å². The van der Waals surface area contributed by atoms with Crippen LogP contribution in [0.2, 0.25) is 0 Å². The van der Waals surface area contributed by atoms with Gasteiger partial charge in [0, 0.05) is 25.4 Å². The first-order chi connectivity index (χ1) is 10.1. The van der Waals surface area contributed by atoms with Crippen molar-refractivity contribution in [1.29, 1.82) is 0 Å². The second-order valence-corrected chi connectivity index (χ2v) is 8.11. The lowest BCUT2D eigenvalue weighted by molar-refractivity contribution is -0.128. The number of ether oxygens (including phenoxy) is 2. The number of nitrogens with zero attached hydrogens (tertiary/aromatic N) is 1. The summed E-state index contributed by atoms with van der Waals surface area (Å²) in [7, 11) is 0. The summed E-state index contributed by atoms with van der Waals surface area (Å²) in [5, 5.41) is 0. The molecule has 0 N–H and O–H groups in total. The van der Waals surface area contributed by atoms with Gasteiger partial charge in [-0.1, -0.05) is 0 Å². The number of carbonyl (C=O) groups excluding carboxylic acids is 2. The average Bonchev–Trinajstić information content (AvgIpc) is 2.69. The Kier molecular flexibility index (Phi) is 4.85. The maximum atomic E-state index is 12.2. The monoisotopic (exact) mass is 311 g/mol. The fourth-order valence-electron chi connectivity index (χ4n) is 3.17. The average molecular weight is 311 g/mol. The van der Waals surface area contributed by atoms with Crippen molar-refractivity contribution in [2.24, 2.45) is 5.92 Å². The first-order valence-electron chi connectivity index (χ1n) is 8.24. The highest BCUT2D eigenvalue weighted by Crippen LogP contribution is 2.33. The highest BCUT2D eigenvalue weighted by atomic mass is 16.6. The van der Waals surface area contributed by atoms with Gasteiger partial charge in [0.1, 0.15) is 11.4 Å². The summed E-state index contributed by atoms with van der Waals surface area (Å²) in [5.41, 5.74) is -0.597. The summed E-state index contributed by atoms with van der Waals surface area (Å²) in [6.07, 6.45) is 2.94.